The van der Waals surface area contributed by atoms with Crippen molar-refractivity contribution in [1.29, 1.82) is 0 Å². The summed E-state index contributed by atoms with van der Waals surface area (Å²) in [7, 11) is 4.59. The molecule has 0 bridgehead atoms. The van der Waals surface area contributed by atoms with Crippen molar-refractivity contribution < 1.29 is 28.9 Å². The lowest BCUT2D eigenvalue weighted by Gasteiger charge is -2.26. The first-order valence-corrected chi connectivity index (χ1v) is 11.7. The van der Waals surface area contributed by atoms with Gasteiger partial charge in [0.25, 0.3) is 11.7 Å². The van der Waals surface area contributed by atoms with Gasteiger partial charge in [-0.05, 0) is 48.4 Å². The van der Waals surface area contributed by atoms with Gasteiger partial charge >= 0.3 is 0 Å². The van der Waals surface area contributed by atoms with E-state index in [2.05, 4.69) is 0 Å². The number of hydrogen-bond acceptors (Lipinski definition) is 6. The molecule has 1 aliphatic rings. The molecule has 36 heavy (non-hydrogen) atoms. The van der Waals surface area contributed by atoms with Crippen LogP contribution >= 0.6 is 11.6 Å². The van der Waals surface area contributed by atoms with Crippen molar-refractivity contribution in [1.82, 2.24) is 4.90 Å². The highest BCUT2D eigenvalue weighted by atomic mass is 35.5. The van der Waals surface area contributed by atoms with Crippen molar-refractivity contribution in [3.8, 4) is 17.2 Å². The van der Waals surface area contributed by atoms with Crippen LogP contribution < -0.4 is 14.2 Å². The predicted molar refractivity (Wildman–Crippen MR) is 137 cm³/mol. The van der Waals surface area contributed by atoms with E-state index in [1.165, 1.54) is 25.2 Å². The number of halogens is 1. The van der Waals surface area contributed by atoms with Crippen LogP contribution in [-0.4, -0.2) is 49.6 Å². The summed E-state index contributed by atoms with van der Waals surface area (Å²) in [5.74, 6) is -0.217. The Morgan fingerprint density at radius 2 is 1.58 bits per heavy atom. The first-order chi connectivity index (χ1) is 17.4. The van der Waals surface area contributed by atoms with Gasteiger partial charge in [-0.1, -0.05) is 41.9 Å². The minimum Gasteiger partial charge on any atom is -0.507 e. The van der Waals surface area contributed by atoms with Crippen LogP contribution in [-0.2, 0) is 16.0 Å². The van der Waals surface area contributed by atoms with Crippen molar-refractivity contribution in [3.05, 3.63) is 94.0 Å². The molecule has 0 aromatic heterocycles. The van der Waals surface area contributed by atoms with Crippen molar-refractivity contribution in [3.63, 3.8) is 0 Å². The third-order valence-electron chi connectivity index (χ3n) is 6.20. The lowest BCUT2D eigenvalue weighted by molar-refractivity contribution is -0.139. The van der Waals surface area contributed by atoms with Gasteiger partial charge in [0.2, 0.25) is 0 Å². The second kappa shape index (κ2) is 10.7. The molecule has 8 heteroatoms. The molecular formula is C28H26ClNO6. The largest absolute Gasteiger partial charge is 0.507 e. The van der Waals surface area contributed by atoms with Crippen LogP contribution in [0.25, 0.3) is 5.76 Å². The van der Waals surface area contributed by atoms with E-state index in [1.807, 2.05) is 24.3 Å². The molecule has 1 amide bonds. The van der Waals surface area contributed by atoms with Crippen LogP contribution in [0.15, 0.2) is 72.3 Å². The van der Waals surface area contributed by atoms with E-state index >= 15 is 0 Å². The Morgan fingerprint density at radius 1 is 0.917 bits per heavy atom. The maximum Gasteiger partial charge on any atom is 0.295 e. The fourth-order valence-electron chi connectivity index (χ4n) is 4.33. The molecule has 3 aromatic carbocycles. The minimum absolute atomic E-state index is 0.0608. The highest BCUT2D eigenvalue weighted by Gasteiger charge is 2.47. The monoisotopic (exact) mass is 507 g/mol. The lowest BCUT2D eigenvalue weighted by Crippen LogP contribution is -2.31. The maximum atomic E-state index is 13.3. The third kappa shape index (κ3) is 4.75. The number of ether oxygens (including phenoxy) is 3. The third-order valence-corrected chi connectivity index (χ3v) is 6.53. The zero-order chi connectivity index (χ0) is 25.8. The number of carbonyl (C=O) groups excluding carboxylic acids is 2. The summed E-state index contributed by atoms with van der Waals surface area (Å²) in [5, 5.41) is 11.6. The van der Waals surface area contributed by atoms with Crippen LogP contribution in [0, 0.1) is 0 Å². The highest BCUT2D eigenvalue weighted by molar-refractivity contribution is 6.47. The summed E-state index contributed by atoms with van der Waals surface area (Å²) in [6, 6.07) is 18.5. The van der Waals surface area contributed by atoms with Gasteiger partial charge in [-0.15, -0.1) is 0 Å². The molecule has 1 unspecified atom stereocenters. The van der Waals surface area contributed by atoms with Crippen molar-refractivity contribution in [2.75, 3.05) is 27.9 Å². The molecule has 4 rings (SSSR count). The molecule has 1 aliphatic heterocycles. The SMILES string of the molecule is COc1ccc(CCN2C(=O)C(=O)/C(=C(/O)c3cc(OC)ccc3Cl)C2c2ccccc2OC)cc1. The number of carbonyl (C=O) groups is 2. The molecule has 0 aliphatic carbocycles. The maximum absolute atomic E-state index is 13.3. The molecule has 1 heterocycles. The first-order valence-electron chi connectivity index (χ1n) is 11.3. The van der Waals surface area contributed by atoms with Crippen LogP contribution in [0.5, 0.6) is 17.2 Å². The highest BCUT2D eigenvalue weighted by Crippen LogP contribution is 2.43. The Kier molecular flexibility index (Phi) is 7.50. The number of amides is 1. The van der Waals surface area contributed by atoms with Gasteiger partial charge in [0.05, 0.1) is 38.0 Å². The van der Waals surface area contributed by atoms with Gasteiger partial charge in [0.15, 0.2) is 0 Å². The van der Waals surface area contributed by atoms with Gasteiger partial charge in [0, 0.05) is 17.7 Å². The molecule has 7 nitrogen and oxygen atoms in total. The molecule has 186 valence electrons. The first kappa shape index (κ1) is 25.1. The van der Waals surface area contributed by atoms with E-state index in [1.54, 1.807) is 43.5 Å². The smallest absolute Gasteiger partial charge is 0.295 e. The number of hydrogen-bond donors (Lipinski definition) is 1. The van der Waals surface area contributed by atoms with Gasteiger partial charge < -0.3 is 24.2 Å². The predicted octanol–water partition coefficient (Wildman–Crippen LogP) is 5.03. The van der Waals surface area contributed by atoms with E-state index in [9.17, 15) is 14.7 Å². The summed E-state index contributed by atoms with van der Waals surface area (Å²) >= 11 is 6.37. The molecule has 0 saturated carbocycles. The summed E-state index contributed by atoms with van der Waals surface area (Å²) in [4.78, 5) is 28.1. The topological polar surface area (TPSA) is 85.3 Å². The van der Waals surface area contributed by atoms with Crippen LogP contribution in [0.2, 0.25) is 5.02 Å². The Balaban J connectivity index is 1.82. The molecule has 3 aromatic rings. The number of aliphatic hydroxyl groups excluding tert-OH is 1. The molecule has 1 fully saturated rings. The van der Waals surface area contributed by atoms with Crippen molar-refractivity contribution in [2.45, 2.75) is 12.5 Å². The molecular weight excluding hydrogens is 482 g/mol. The van der Waals surface area contributed by atoms with E-state index < -0.39 is 17.7 Å². The normalized spacial score (nSPS) is 16.8. The molecule has 0 spiro atoms. The molecule has 1 N–H and O–H groups in total. The van der Waals surface area contributed by atoms with Crippen LogP contribution in [0.4, 0.5) is 0 Å². The van der Waals surface area contributed by atoms with Crippen molar-refractivity contribution in [2.24, 2.45) is 0 Å². The number of nitrogens with zero attached hydrogens (tertiary/aromatic N) is 1. The quantitative estimate of drug-likeness (QED) is 0.261. The second-order valence-corrected chi connectivity index (χ2v) is 8.59. The second-order valence-electron chi connectivity index (χ2n) is 8.18. The zero-order valence-electron chi connectivity index (χ0n) is 20.2. The molecule has 1 saturated heterocycles. The Hall–Kier alpha value is -3.97. The number of likely N-dealkylation sites (tertiary alicyclic amines) is 1. The minimum atomic E-state index is -0.873. The summed E-state index contributed by atoms with van der Waals surface area (Å²) in [6.45, 7) is 0.238. The standard InChI is InChI=1S/C28H26ClNO6/c1-34-18-10-8-17(9-11-18)14-15-30-25(20-6-4-5-7-23(20)36-3)24(27(32)28(30)33)26(31)21-16-19(35-2)12-13-22(21)29/h4-13,16,25,31H,14-15H2,1-3H3/b26-24+. The Bertz CT molecular complexity index is 1320. The van der Waals surface area contributed by atoms with E-state index in [4.69, 9.17) is 25.8 Å². The number of Topliss-reactive ketones (excluding diaryl/α,β-unsaturated/α-hetero) is 1. The molecule has 0 radical (unpaired) electrons. The van der Waals surface area contributed by atoms with E-state index in [-0.39, 0.29) is 28.5 Å². The summed E-state index contributed by atoms with van der Waals surface area (Å²) in [6.07, 6.45) is 0.489. The van der Waals surface area contributed by atoms with Gasteiger partial charge in [-0.2, -0.15) is 0 Å². The average Bonchev–Trinajstić information content (AvgIpc) is 3.16. The number of rotatable bonds is 8. The fraction of sp³-hybridized carbons (Fsp3) is 0.214. The number of aliphatic hydroxyl groups is 1. The Labute approximate surface area is 214 Å². The van der Waals surface area contributed by atoms with E-state index in [0.717, 1.165) is 11.3 Å². The average molecular weight is 508 g/mol. The fourth-order valence-corrected chi connectivity index (χ4v) is 4.53. The summed E-state index contributed by atoms with van der Waals surface area (Å²) < 4.78 is 16.0. The van der Waals surface area contributed by atoms with E-state index in [0.29, 0.717) is 23.5 Å². The van der Waals surface area contributed by atoms with Gasteiger partial charge in [-0.3, -0.25) is 9.59 Å². The van der Waals surface area contributed by atoms with Gasteiger partial charge in [0.1, 0.15) is 23.0 Å². The van der Waals surface area contributed by atoms with Crippen LogP contribution in [0.1, 0.15) is 22.7 Å². The Morgan fingerprint density at radius 3 is 2.25 bits per heavy atom. The zero-order valence-corrected chi connectivity index (χ0v) is 20.9. The number of methoxy groups -OCH3 is 3. The molecule has 1 atom stereocenters. The number of para-hydroxylation sites is 1. The van der Waals surface area contributed by atoms with Gasteiger partial charge in [-0.25, -0.2) is 0 Å². The lowest BCUT2D eigenvalue weighted by atomic mass is 9.94. The van der Waals surface area contributed by atoms with Crippen LogP contribution in [0.3, 0.4) is 0 Å². The summed E-state index contributed by atoms with van der Waals surface area (Å²) in [5.41, 5.74) is 1.68. The number of ketones is 1. The number of benzene rings is 3. The van der Waals surface area contributed by atoms with Crippen molar-refractivity contribution >= 4 is 29.1 Å².